The van der Waals surface area contributed by atoms with Crippen LogP contribution in [0.15, 0.2) is 16.3 Å². The van der Waals surface area contributed by atoms with Crippen molar-refractivity contribution in [2.75, 3.05) is 18.1 Å². The number of hydrazone groups is 1. The fraction of sp³-hybridized carbons (Fsp3) is 0.444. The summed E-state index contributed by atoms with van der Waals surface area (Å²) in [5.41, 5.74) is -0.692. The topological polar surface area (TPSA) is 82.3 Å². The second kappa shape index (κ2) is 7.46. The molecule has 1 amide bonds. The SMILES string of the molecule is CCCCC(=O)N1N=C2C(=C(Cl)N3CCCCN23)c2c(F)cc(Cl)c([N+](=O)[O-])c21. The van der Waals surface area contributed by atoms with E-state index in [0.29, 0.717) is 25.3 Å². The van der Waals surface area contributed by atoms with Gasteiger partial charge in [0.1, 0.15) is 16.0 Å². The first kappa shape index (κ1) is 19.9. The van der Waals surface area contributed by atoms with Crippen molar-refractivity contribution in [2.45, 2.75) is 39.0 Å². The Balaban J connectivity index is 1.99. The Hall–Kier alpha value is -2.39. The minimum absolute atomic E-state index is 0.115. The van der Waals surface area contributed by atoms with Crippen molar-refractivity contribution in [3.05, 3.63) is 37.7 Å². The van der Waals surface area contributed by atoms with Gasteiger partial charge in [-0.05, 0) is 19.3 Å². The number of carbonyl (C=O) groups is 1. The van der Waals surface area contributed by atoms with Crippen molar-refractivity contribution in [2.24, 2.45) is 5.10 Å². The van der Waals surface area contributed by atoms with Gasteiger partial charge in [0.05, 0.1) is 16.1 Å². The molecule has 11 heteroatoms. The van der Waals surface area contributed by atoms with Crippen LogP contribution >= 0.6 is 23.2 Å². The van der Waals surface area contributed by atoms with E-state index in [-0.39, 0.29) is 28.4 Å². The normalized spacial score (nSPS) is 17.8. The Morgan fingerprint density at radius 2 is 2.00 bits per heavy atom. The molecule has 0 aromatic heterocycles. The van der Waals surface area contributed by atoms with Crippen LogP contribution in [0.4, 0.5) is 15.8 Å². The lowest BCUT2D eigenvalue weighted by atomic mass is 9.99. The summed E-state index contributed by atoms with van der Waals surface area (Å²) in [4.78, 5) is 23.9. The van der Waals surface area contributed by atoms with Gasteiger partial charge < -0.3 is 0 Å². The van der Waals surface area contributed by atoms with E-state index < -0.39 is 27.4 Å². The van der Waals surface area contributed by atoms with Crippen LogP contribution in [0.2, 0.25) is 5.02 Å². The van der Waals surface area contributed by atoms with E-state index in [1.165, 1.54) is 0 Å². The first-order chi connectivity index (χ1) is 13.9. The number of amidine groups is 1. The zero-order chi connectivity index (χ0) is 20.9. The molecule has 0 spiro atoms. The fourth-order valence-corrected chi connectivity index (χ4v) is 4.44. The van der Waals surface area contributed by atoms with Gasteiger partial charge in [-0.2, -0.15) is 5.01 Å². The second-order valence-corrected chi connectivity index (χ2v) is 7.79. The molecule has 0 bridgehead atoms. The van der Waals surface area contributed by atoms with E-state index in [4.69, 9.17) is 23.2 Å². The van der Waals surface area contributed by atoms with Gasteiger partial charge in [0, 0.05) is 25.6 Å². The van der Waals surface area contributed by atoms with Crippen LogP contribution in [0.1, 0.15) is 44.6 Å². The van der Waals surface area contributed by atoms with Gasteiger partial charge in [0.15, 0.2) is 11.5 Å². The van der Waals surface area contributed by atoms with Crippen LogP contribution < -0.4 is 5.01 Å². The molecule has 0 radical (unpaired) electrons. The van der Waals surface area contributed by atoms with E-state index in [1.807, 2.05) is 6.92 Å². The fourth-order valence-electron chi connectivity index (χ4n) is 3.83. The molecule has 0 atom stereocenters. The van der Waals surface area contributed by atoms with Gasteiger partial charge in [-0.15, -0.1) is 5.10 Å². The minimum atomic E-state index is -0.787. The lowest BCUT2D eigenvalue weighted by Crippen LogP contribution is -2.46. The molecule has 8 nitrogen and oxygen atoms in total. The molecule has 1 aromatic rings. The van der Waals surface area contributed by atoms with Crippen molar-refractivity contribution in [1.29, 1.82) is 0 Å². The van der Waals surface area contributed by atoms with Crippen LogP contribution in [-0.4, -0.2) is 39.8 Å². The molecule has 0 unspecified atom stereocenters. The molecule has 3 aliphatic rings. The number of nitrogens with zero attached hydrogens (tertiary/aromatic N) is 5. The third-order valence-electron chi connectivity index (χ3n) is 5.18. The number of fused-ring (bicyclic) bond motifs is 5. The van der Waals surface area contributed by atoms with Crippen molar-refractivity contribution < 1.29 is 14.1 Å². The summed E-state index contributed by atoms with van der Waals surface area (Å²) in [5, 5.41) is 20.5. The molecule has 0 aliphatic carbocycles. The maximum absolute atomic E-state index is 15.1. The van der Waals surface area contributed by atoms with Gasteiger partial charge in [0.2, 0.25) is 5.91 Å². The number of unbranched alkanes of at least 4 members (excludes halogenated alkanes) is 1. The number of nitro groups is 1. The third-order valence-corrected chi connectivity index (χ3v) is 5.85. The number of amides is 1. The summed E-state index contributed by atoms with van der Waals surface area (Å²) < 4.78 is 15.1. The minimum Gasteiger partial charge on any atom is -0.273 e. The van der Waals surface area contributed by atoms with Crippen molar-refractivity contribution in [1.82, 2.24) is 10.0 Å². The predicted octanol–water partition coefficient (Wildman–Crippen LogP) is 4.47. The standard InChI is InChI=1S/C18H18Cl2FN5O3/c1-2-3-6-12(27)25-16-13(11(21)9-10(19)15(16)26(28)29)14-17(20)23-7-4-5-8-24(23)18(14)22-25/h9H,2-8H2,1H3. The Kier molecular flexibility index (Phi) is 5.12. The first-order valence-corrected chi connectivity index (χ1v) is 10.2. The Bertz CT molecular complexity index is 981. The van der Waals surface area contributed by atoms with Crippen molar-refractivity contribution in [3.8, 4) is 0 Å². The van der Waals surface area contributed by atoms with E-state index >= 15 is 4.39 Å². The molecule has 3 aliphatic heterocycles. The van der Waals surface area contributed by atoms with Crippen molar-refractivity contribution in [3.63, 3.8) is 0 Å². The lowest BCUT2D eigenvalue weighted by molar-refractivity contribution is -0.384. The molecule has 29 heavy (non-hydrogen) atoms. The summed E-state index contributed by atoms with van der Waals surface area (Å²) in [7, 11) is 0. The number of anilines is 1. The molecule has 0 N–H and O–H groups in total. The van der Waals surface area contributed by atoms with Gasteiger partial charge in [-0.25, -0.2) is 4.39 Å². The van der Waals surface area contributed by atoms with Crippen LogP contribution in [-0.2, 0) is 4.79 Å². The highest BCUT2D eigenvalue weighted by molar-refractivity contribution is 6.43. The number of benzene rings is 1. The molecule has 3 heterocycles. The zero-order valence-electron chi connectivity index (χ0n) is 15.6. The Morgan fingerprint density at radius 3 is 2.66 bits per heavy atom. The zero-order valence-corrected chi connectivity index (χ0v) is 17.1. The smallest absolute Gasteiger partial charge is 0.273 e. The van der Waals surface area contributed by atoms with Crippen LogP contribution in [0.25, 0.3) is 5.57 Å². The predicted molar refractivity (Wildman–Crippen MR) is 108 cm³/mol. The highest BCUT2D eigenvalue weighted by Gasteiger charge is 2.46. The summed E-state index contributed by atoms with van der Waals surface area (Å²) in [6, 6.07) is 0.889. The summed E-state index contributed by atoms with van der Waals surface area (Å²) in [6.07, 6.45) is 3.22. The van der Waals surface area contributed by atoms with Crippen molar-refractivity contribution >= 4 is 51.9 Å². The van der Waals surface area contributed by atoms with Gasteiger partial charge >= 0.3 is 5.69 Å². The van der Waals surface area contributed by atoms with E-state index in [9.17, 15) is 14.9 Å². The number of halogens is 3. The quantitative estimate of drug-likeness (QED) is 0.391. The Morgan fingerprint density at radius 1 is 1.31 bits per heavy atom. The molecule has 1 saturated heterocycles. The average molecular weight is 442 g/mol. The molecule has 1 fully saturated rings. The number of hydrogen-bond acceptors (Lipinski definition) is 6. The molecule has 4 rings (SSSR count). The highest BCUT2D eigenvalue weighted by atomic mass is 35.5. The Labute approximate surface area is 176 Å². The van der Waals surface area contributed by atoms with Gasteiger partial charge in [0.25, 0.3) is 0 Å². The maximum atomic E-state index is 15.1. The van der Waals surface area contributed by atoms with Crippen LogP contribution in [0.3, 0.4) is 0 Å². The number of carbonyl (C=O) groups excluding carboxylic acids is 1. The van der Waals surface area contributed by atoms with E-state index in [0.717, 1.165) is 30.3 Å². The largest absolute Gasteiger partial charge is 0.314 e. The average Bonchev–Trinajstić information content (AvgIpc) is 2.97. The second-order valence-electron chi connectivity index (χ2n) is 7.02. The number of rotatable bonds is 4. The summed E-state index contributed by atoms with van der Waals surface area (Å²) >= 11 is 12.6. The van der Waals surface area contributed by atoms with Gasteiger partial charge in [-0.1, -0.05) is 36.5 Å². The first-order valence-electron chi connectivity index (χ1n) is 9.40. The molecular weight excluding hydrogens is 424 g/mol. The summed E-state index contributed by atoms with van der Waals surface area (Å²) in [5.74, 6) is -0.927. The van der Waals surface area contributed by atoms with Gasteiger partial charge in [-0.3, -0.25) is 24.9 Å². The number of hydrazine groups is 1. The summed E-state index contributed by atoms with van der Waals surface area (Å²) in [6.45, 7) is 3.13. The molecule has 0 saturated carbocycles. The molecular formula is C18H18Cl2FN5O3. The van der Waals surface area contributed by atoms with E-state index in [1.54, 1.807) is 10.0 Å². The van der Waals surface area contributed by atoms with E-state index in [2.05, 4.69) is 5.10 Å². The lowest BCUT2D eigenvalue weighted by Gasteiger charge is -2.36. The number of hydrogen-bond donors (Lipinski definition) is 0. The molecule has 1 aromatic carbocycles. The van der Waals surface area contributed by atoms with Crippen LogP contribution in [0.5, 0.6) is 0 Å². The monoisotopic (exact) mass is 441 g/mol. The molecule has 154 valence electrons. The highest BCUT2D eigenvalue weighted by Crippen LogP contribution is 2.50. The van der Waals surface area contributed by atoms with Crippen LogP contribution in [0, 0.1) is 15.9 Å². The maximum Gasteiger partial charge on any atom is 0.314 e. The third kappa shape index (κ3) is 3.03. The number of nitro benzene ring substituents is 1.